The van der Waals surface area contributed by atoms with Gasteiger partial charge in [-0.25, -0.2) is 9.18 Å². The smallest absolute Gasteiger partial charge is 0.335 e. The third kappa shape index (κ3) is 4.06. The van der Waals surface area contributed by atoms with Gasteiger partial charge in [-0.15, -0.1) is 0 Å². The number of aliphatic imine (C=N–C) groups is 1. The van der Waals surface area contributed by atoms with Crippen LogP contribution in [0.2, 0.25) is 5.02 Å². The Morgan fingerprint density at radius 2 is 2.02 bits per heavy atom. The summed E-state index contributed by atoms with van der Waals surface area (Å²) in [6, 6.07) is 7.30. The standard InChI is InChI=1S/C31H32ClFN4O5/c1-30(2,3)13-23-31(18-14-34-11-10-20(18)35-29(31)41)24(17-6-5-7-19(32)25(17)33)26-27(38)36(15-37(23)26)21-9-8-16(28(39)40)12-22(21)42-4/h5-12,14,18,20,23-24,26H,13,15H2,1-4H3,(H,35,41)(H,39,40)/t18?,20?,23-,24-,26+,31+/m0/s1. The van der Waals surface area contributed by atoms with Crippen LogP contribution in [0.25, 0.3) is 0 Å². The van der Waals surface area contributed by atoms with Crippen LogP contribution in [-0.2, 0) is 9.59 Å². The van der Waals surface area contributed by atoms with Crippen LogP contribution in [0.15, 0.2) is 53.7 Å². The first-order valence-electron chi connectivity index (χ1n) is 13.8. The Morgan fingerprint density at radius 3 is 2.71 bits per heavy atom. The molecular formula is C31H32ClFN4O5. The van der Waals surface area contributed by atoms with Crippen LogP contribution in [-0.4, -0.2) is 65.9 Å². The predicted octanol–water partition coefficient (Wildman–Crippen LogP) is 4.46. The molecule has 4 heterocycles. The second kappa shape index (κ2) is 9.91. The minimum absolute atomic E-state index is 0.0180. The van der Waals surface area contributed by atoms with E-state index in [-0.39, 0.29) is 51.8 Å². The maximum absolute atomic E-state index is 16.0. The summed E-state index contributed by atoms with van der Waals surface area (Å²) in [7, 11) is 1.41. The normalized spacial score (nSPS) is 30.1. The van der Waals surface area contributed by atoms with Gasteiger partial charge in [-0.3, -0.25) is 24.4 Å². The summed E-state index contributed by atoms with van der Waals surface area (Å²) < 4.78 is 21.5. The molecule has 3 saturated heterocycles. The molecule has 2 aromatic rings. The van der Waals surface area contributed by atoms with Gasteiger partial charge < -0.3 is 15.2 Å². The lowest BCUT2D eigenvalue weighted by atomic mass is 9.59. The molecule has 0 bridgehead atoms. The number of fused-ring (bicyclic) bond motifs is 3. The highest BCUT2D eigenvalue weighted by molar-refractivity contribution is 6.30. The van der Waals surface area contributed by atoms with Crippen molar-refractivity contribution in [2.45, 2.75) is 51.2 Å². The predicted molar refractivity (Wildman–Crippen MR) is 155 cm³/mol. The van der Waals surface area contributed by atoms with Gasteiger partial charge in [0.05, 0.1) is 47.6 Å². The van der Waals surface area contributed by atoms with E-state index in [9.17, 15) is 19.5 Å². The van der Waals surface area contributed by atoms with E-state index < -0.39 is 41.1 Å². The van der Waals surface area contributed by atoms with Crippen molar-refractivity contribution in [2.75, 3.05) is 18.7 Å². The first-order chi connectivity index (χ1) is 19.9. The van der Waals surface area contributed by atoms with Gasteiger partial charge in [0.2, 0.25) is 11.8 Å². The third-order valence-corrected chi connectivity index (χ3v) is 9.35. The molecule has 4 aliphatic heterocycles. The van der Waals surface area contributed by atoms with Crippen LogP contribution in [0.5, 0.6) is 5.75 Å². The fourth-order valence-electron chi connectivity index (χ4n) is 7.48. The van der Waals surface area contributed by atoms with Crippen LogP contribution < -0.4 is 15.0 Å². The highest BCUT2D eigenvalue weighted by atomic mass is 35.5. The molecule has 2 N–H and O–H groups in total. The van der Waals surface area contributed by atoms with Gasteiger partial charge in [0.15, 0.2) is 0 Å². The van der Waals surface area contributed by atoms with Crippen molar-refractivity contribution in [1.29, 1.82) is 0 Å². The molecule has 0 aromatic heterocycles. The number of benzene rings is 2. The van der Waals surface area contributed by atoms with E-state index in [0.29, 0.717) is 12.1 Å². The molecule has 6 atom stereocenters. The lowest BCUT2D eigenvalue weighted by Crippen LogP contribution is -2.53. The van der Waals surface area contributed by atoms with E-state index in [2.05, 4.69) is 31.1 Å². The van der Waals surface area contributed by atoms with E-state index in [0.717, 1.165) is 0 Å². The molecule has 9 nitrogen and oxygen atoms in total. The first-order valence-corrected chi connectivity index (χ1v) is 14.2. The van der Waals surface area contributed by atoms with Crippen molar-refractivity contribution in [3.05, 3.63) is 70.6 Å². The van der Waals surface area contributed by atoms with E-state index in [1.165, 1.54) is 30.2 Å². The molecule has 2 aromatic carbocycles. The number of hydrogen-bond acceptors (Lipinski definition) is 6. The number of aromatic carboxylic acids is 1. The van der Waals surface area contributed by atoms with Crippen LogP contribution in [0.3, 0.4) is 0 Å². The second-order valence-corrected chi connectivity index (χ2v) is 13.0. The summed E-state index contributed by atoms with van der Waals surface area (Å²) in [5.41, 5.74) is -0.866. The van der Waals surface area contributed by atoms with Crippen LogP contribution in [0, 0.1) is 22.6 Å². The summed E-state index contributed by atoms with van der Waals surface area (Å²) in [5.74, 6) is -3.46. The number of halogens is 2. The number of anilines is 1. The van der Waals surface area contributed by atoms with Gasteiger partial charge in [0.1, 0.15) is 11.6 Å². The number of nitrogens with one attached hydrogen (secondary N) is 1. The van der Waals surface area contributed by atoms with Crippen LogP contribution in [0.4, 0.5) is 10.1 Å². The monoisotopic (exact) mass is 594 g/mol. The summed E-state index contributed by atoms with van der Waals surface area (Å²) in [6.07, 6.45) is 5.77. The fraction of sp³-hybridized carbons (Fsp3) is 0.419. The van der Waals surface area contributed by atoms with E-state index in [4.69, 9.17) is 16.3 Å². The molecule has 3 fully saturated rings. The molecule has 42 heavy (non-hydrogen) atoms. The SMILES string of the molecule is COc1cc(C(=O)O)ccc1N1CN2[C@@H](CC(C)(C)C)[C@@]3(C(=O)NC4C=CN=CC43)[C@@H](c3cccc(Cl)c3F)[C@@H]2C1=O. The van der Waals surface area contributed by atoms with E-state index in [1.54, 1.807) is 30.6 Å². The quantitative estimate of drug-likeness (QED) is 0.529. The van der Waals surface area contributed by atoms with Gasteiger partial charge in [-0.05, 0) is 47.7 Å². The lowest BCUT2D eigenvalue weighted by Gasteiger charge is -2.43. The largest absolute Gasteiger partial charge is 0.495 e. The molecule has 11 heteroatoms. The average molecular weight is 595 g/mol. The molecule has 0 radical (unpaired) electrons. The summed E-state index contributed by atoms with van der Waals surface area (Å²) in [4.78, 5) is 48.4. The number of carboxylic acid groups (broad SMARTS) is 1. The molecular weight excluding hydrogens is 563 g/mol. The molecule has 0 saturated carbocycles. The van der Waals surface area contributed by atoms with Gasteiger partial charge in [-0.2, -0.15) is 0 Å². The van der Waals surface area contributed by atoms with Crippen LogP contribution in [0.1, 0.15) is 49.0 Å². The minimum Gasteiger partial charge on any atom is -0.495 e. The van der Waals surface area contributed by atoms with Crippen molar-refractivity contribution >= 4 is 41.3 Å². The molecule has 2 unspecified atom stereocenters. The van der Waals surface area contributed by atoms with Gasteiger partial charge in [0.25, 0.3) is 0 Å². The molecule has 4 aliphatic rings. The Hall–Kier alpha value is -3.76. The van der Waals surface area contributed by atoms with Crippen molar-refractivity contribution in [1.82, 2.24) is 10.2 Å². The average Bonchev–Trinajstić information content (AvgIpc) is 3.52. The first kappa shape index (κ1) is 28.4. The topological polar surface area (TPSA) is 112 Å². The number of carbonyl (C=O) groups excluding carboxylic acids is 2. The lowest BCUT2D eigenvalue weighted by molar-refractivity contribution is -0.131. The van der Waals surface area contributed by atoms with Crippen molar-refractivity contribution in [3.63, 3.8) is 0 Å². The number of amides is 2. The van der Waals surface area contributed by atoms with Crippen molar-refractivity contribution in [2.24, 2.45) is 21.7 Å². The van der Waals surface area contributed by atoms with Gasteiger partial charge in [0, 0.05) is 30.3 Å². The van der Waals surface area contributed by atoms with E-state index >= 15 is 4.39 Å². The number of ether oxygens (including phenoxy) is 1. The zero-order valence-corrected chi connectivity index (χ0v) is 24.4. The minimum atomic E-state index is -1.22. The number of carbonyl (C=O) groups is 3. The maximum atomic E-state index is 16.0. The number of nitrogens with zero attached hydrogens (tertiary/aromatic N) is 3. The maximum Gasteiger partial charge on any atom is 0.335 e. The molecule has 6 rings (SSSR count). The third-order valence-electron chi connectivity index (χ3n) is 9.06. The van der Waals surface area contributed by atoms with Crippen LogP contribution >= 0.6 is 11.6 Å². The second-order valence-electron chi connectivity index (χ2n) is 12.6. The number of hydrogen-bond donors (Lipinski definition) is 2. The summed E-state index contributed by atoms with van der Waals surface area (Å²) in [5, 5.41) is 12.5. The Balaban J connectivity index is 1.57. The van der Waals surface area contributed by atoms with Crippen molar-refractivity contribution < 1.29 is 28.6 Å². The number of rotatable bonds is 5. The Morgan fingerprint density at radius 1 is 1.26 bits per heavy atom. The fourth-order valence-corrected chi connectivity index (χ4v) is 7.66. The molecule has 2 amide bonds. The summed E-state index contributed by atoms with van der Waals surface area (Å²) >= 11 is 6.30. The molecule has 220 valence electrons. The van der Waals surface area contributed by atoms with Crippen molar-refractivity contribution in [3.8, 4) is 5.75 Å². The number of methoxy groups -OCH3 is 1. The Labute approximate surface area is 248 Å². The van der Waals surface area contributed by atoms with E-state index in [1.807, 2.05) is 11.0 Å². The Kier molecular flexibility index (Phi) is 6.69. The van der Waals surface area contributed by atoms with Gasteiger partial charge >= 0.3 is 5.97 Å². The summed E-state index contributed by atoms with van der Waals surface area (Å²) in [6.45, 7) is 6.33. The molecule has 0 aliphatic carbocycles. The highest BCUT2D eigenvalue weighted by Gasteiger charge is 2.74. The number of carboxylic acids is 1. The molecule has 1 spiro atoms. The Bertz CT molecular complexity index is 1550. The highest BCUT2D eigenvalue weighted by Crippen LogP contribution is 2.63. The zero-order chi connectivity index (χ0) is 30.1. The van der Waals surface area contributed by atoms with Gasteiger partial charge in [-0.1, -0.05) is 44.5 Å². The zero-order valence-electron chi connectivity index (χ0n) is 23.7.